The van der Waals surface area contributed by atoms with E-state index in [2.05, 4.69) is 22.0 Å². The molecule has 48 heavy (non-hydrogen) atoms. The zero-order valence-electron chi connectivity index (χ0n) is 29.1. The maximum Gasteiger partial charge on any atom is 0.332 e. The van der Waals surface area contributed by atoms with E-state index >= 15 is 0 Å². The zero-order chi connectivity index (χ0) is 35.3. The highest BCUT2D eigenvalue weighted by atomic mass is 35.5. The lowest BCUT2D eigenvalue weighted by atomic mass is 9.49. The van der Waals surface area contributed by atoms with E-state index < -0.39 is 21.8 Å². The smallest absolute Gasteiger partial charge is 0.332 e. The third-order valence-electron chi connectivity index (χ3n) is 9.13. The van der Waals surface area contributed by atoms with Gasteiger partial charge in [-0.3, -0.25) is 9.59 Å². The van der Waals surface area contributed by atoms with Gasteiger partial charge in [-0.25, -0.2) is 4.79 Å². The first kappa shape index (κ1) is 37.0. The predicted octanol–water partition coefficient (Wildman–Crippen LogP) is 6.87. The largest absolute Gasteiger partial charge is 0.489 e. The third-order valence-corrected chi connectivity index (χ3v) is 9.44. The maximum absolute atomic E-state index is 13.6. The second kappa shape index (κ2) is 14.8. The normalized spacial score (nSPS) is 20.0. The van der Waals surface area contributed by atoms with Crippen LogP contribution < -0.4 is 20.7 Å². The molecule has 11 heteroatoms. The molecule has 2 aliphatic rings. The van der Waals surface area contributed by atoms with Crippen LogP contribution in [0, 0.1) is 27.6 Å². The lowest BCUT2D eigenvalue weighted by molar-refractivity contribution is -0.175. The van der Waals surface area contributed by atoms with Crippen LogP contribution in [0.5, 0.6) is 5.75 Å². The molecular formula is C37H49ClN4O6. The predicted molar refractivity (Wildman–Crippen MR) is 186 cm³/mol. The monoisotopic (exact) mass is 680 g/mol. The molecular weight excluding hydrogens is 632 g/mol. The van der Waals surface area contributed by atoms with Crippen LogP contribution in [-0.2, 0) is 23.9 Å². The first-order valence-electron chi connectivity index (χ1n) is 16.6. The van der Waals surface area contributed by atoms with Gasteiger partial charge >= 0.3 is 5.97 Å². The molecule has 0 heterocycles. The molecule has 0 radical (unpaired) electrons. The Morgan fingerprint density at radius 3 is 2.17 bits per heavy atom. The number of unbranched alkanes of at least 4 members (excludes halogenated alkanes) is 2. The van der Waals surface area contributed by atoms with Crippen LogP contribution in [0.2, 0.25) is 5.02 Å². The Morgan fingerprint density at radius 2 is 1.58 bits per heavy atom. The molecule has 0 atom stereocenters. The summed E-state index contributed by atoms with van der Waals surface area (Å²) >= 11 is 6.21. The van der Waals surface area contributed by atoms with E-state index in [1.807, 2.05) is 72.7 Å². The van der Waals surface area contributed by atoms with Gasteiger partial charge in [0.1, 0.15) is 35.5 Å². The molecule has 260 valence electrons. The molecule has 2 fully saturated rings. The van der Waals surface area contributed by atoms with Gasteiger partial charge in [-0.05, 0) is 89.3 Å². The Hall–Kier alpha value is -3.81. The number of nitriles is 1. The number of rotatable bonds is 15. The van der Waals surface area contributed by atoms with Gasteiger partial charge in [-0.2, -0.15) is 5.26 Å². The van der Waals surface area contributed by atoms with Crippen LogP contribution >= 0.6 is 11.6 Å². The van der Waals surface area contributed by atoms with Crippen LogP contribution in [0.4, 0.5) is 11.4 Å². The molecule has 2 amide bonds. The van der Waals surface area contributed by atoms with Gasteiger partial charge in [0.25, 0.3) is 0 Å². The molecule has 0 unspecified atom stereocenters. The van der Waals surface area contributed by atoms with E-state index in [9.17, 15) is 14.4 Å². The molecule has 2 saturated carbocycles. The number of carbonyl (C=O) groups excluding carboxylic acids is 3. The summed E-state index contributed by atoms with van der Waals surface area (Å²) < 4.78 is 17.0. The van der Waals surface area contributed by atoms with Crippen molar-refractivity contribution < 1.29 is 28.6 Å². The molecule has 0 aliphatic heterocycles. The number of nitrogens with zero attached hydrogens (tertiary/aromatic N) is 1. The SMILES string of the molecule is CC(C)(C)OC(=O)COCCCCCNc1ccc(NC(=O)C2(C(=O)N[C@H]3C(C)(C)[C@H](Oc4ccc(C#N)c(Cl)c4)C3(C)C)CC2)cc1. The number of ether oxygens (including phenoxy) is 3. The number of benzene rings is 2. The minimum Gasteiger partial charge on any atom is -0.489 e. The van der Waals surface area contributed by atoms with Crippen molar-refractivity contribution in [3.8, 4) is 11.8 Å². The van der Waals surface area contributed by atoms with Crippen molar-refractivity contribution in [3.63, 3.8) is 0 Å². The van der Waals surface area contributed by atoms with Crippen molar-refractivity contribution in [1.82, 2.24) is 5.32 Å². The van der Waals surface area contributed by atoms with Crippen LogP contribution in [0.25, 0.3) is 0 Å². The summed E-state index contributed by atoms with van der Waals surface area (Å²) in [7, 11) is 0. The van der Waals surface area contributed by atoms with Gasteiger partial charge in [-0.15, -0.1) is 0 Å². The first-order chi connectivity index (χ1) is 22.5. The Kier molecular flexibility index (Phi) is 11.4. The Bertz CT molecular complexity index is 1510. The molecule has 10 nitrogen and oxygen atoms in total. The minimum atomic E-state index is -1.09. The van der Waals surface area contributed by atoms with Gasteiger partial charge in [0, 0.05) is 47.5 Å². The first-order valence-corrected chi connectivity index (χ1v) is 17.0. The van der Waals surface area contributed by atoms with Gasteiger partial charge in [-0.1, -0.05) is 39.3 Å². The van der Waals surface area contributed by atoms with Crippen molar-refractivity contribution in [1.29, 1.82) is 5.26 Å². The summed E-state index contributed by atoms with van der Waals surface area (Å²) in [6.07, 6.45) is 3.50. The van der Waals surface area contributed by atoms with E-state index in [0.717, 1.165) is 31.5 Å². The minimum absolute atomic E-state index is 0.0324. The molecule has 0 bridgehead atoms. The van der Waals surface area contributed by atoms with Crippen molar-refractivity contribution in [2.75, 3.05) is 30.4 Å². The standard InChI is InChI=1S/C37H49ClN4O6/c1-34(2,3)48-29(43)23-46-20-10-8-9-19-40-25-12-14-26(15-13-25)41-32(44)37(17-18-37)33(45)42-30-35(4,5)31(36(30,6)7)47-27-16-11-24(22-39)28(38)21-27/h11-16,21,30-31,40H,8-10,17-20,23H2,1-7H3,(H,41,44)(H,42,45)/t30-,31-. The highest BCUT2D eigenvalue weighted by molar-refractivity contribution is 6.31. The summed E-state index contributed by atoms with van der Waals surface area (Å²) in [5.74, 6) is -0.355. The van der Waals surface area contributed by atoms with Gasteiger partial charge in [0.05, 0.1) is 10.6 Å². The van der Waals surface area contributed by atoms with Crippen molar-refractivity contribution in [2.45, 2.75) is 98.3 Å². The van der Waals surface area contributed by atoms with Crippen molar-refractivity contribution in [3.05, 3.63) is 53.1 Å². The van der Waals surface area contributed by atoms with Crippen LogP contribution in [0.3, 0.4) is 0 Å². The summed E-state index contributed by atoms with van der Waals surface area (Å²) in [5, 5.41) is 19.0. The fourth-order valence-electron chi connectivity index (χ4n) is 6.73. The highest BCUT2D eigenvalue weighted by Crippen LogP contribution is 2.57. The van der Waals surface area contributed by atoms with E-state index in [4.69, 9.17) is 31.1 Å². The van der Waals surface area contributed by atoms with Crippen molar-refractivity contribution in [2.24, 2.45) is 16.2 Å². The van der Waals surface area contributed by atoms with Gasteiger partial charge < -0.3 is 30.2 Å². The number of anilines is 2. The Morgan fingerprint density at radius 1 is 0.938 bits per heavy atom. The second-order valence-corrected chi connectivity index (χ2v) is 15.4. The maximum atomic E-state index is 13.6. The van der Waals surface area contributed by atoms with E-state index in [1.54, 1.807) is 18.2 Å². The van der Waals surface area contributed by atoms with Crippen LogP contribution in [-0.4, -0.2) is 55.3 Å². The van der Waals surface area contributed by atoms with E-state index in [-0.39, 0.29) is 36.5 Å². The summed E-state index contributed by atoms with van der Waals surface area (Å²) in [4.78, 5) is 38.6. The van der Waals surface area contributed by atoms with Crippen LogP contribution in [0.1, 0.15) is 86.1 Å². The van der Waals surface area contributed by atoms with Crippen molar-refractivity contribution >= 4 is 40.8 Å². The molecule has 2 aromatic carbocycles. The highest BCUT2D eigenvalue weighted by Gasteiger charge is 2.66. The molecule has 3 N–H and O–H groups in total. The number of amides is 2. The molecule has 2 aliphatic carbocycles. The van der Waals surface area contributed by atoms with Gasteiger partial charge in [0.15, 0.2) is 0 Å². The summed E-state index contributed by atoms with van der Waals surface area (Å²) in [6, 6.07) is 14.3. The molecule has 0 spiro atoms. The zero-order valence-corrected chi connectivity index (χ0v) is 29.9. The number of halogens is 1. The molecule has 4 rings (SSSR count). The number of hydrogen-bond acceptors (Lipinski definition) is 8. The number of esters is 1. The fourth-order valence-corrected chi connectivity index (χ4v) is 6.95. The quantitative estimate of drug-likeness (QED) is 0.105. The summed E-state index contributed by atoms with van der Waals surface area (Å²) in [6.45, 7) is 14.9. The average molecular weight is 681 g/mol. The fraction of sp³-hybridized carbons (Fsp3) is 0.568. The topological polar surface area (TPSA) is 139 Å². The Balaban J connectivity index is 1.20. The average Bonchev–Trinajstić information content (AvgIpc) is 3.82. The molecule has 2 aromatic rings. The van der Waals surface area contributed by atoms with E-state index in [1.165, 1.54) is 0 Å². The second-order valence-electron chi connectivity index (χ2n) is 15.0. The van der Waals surface area contributed by atoms with E-state index in [0.29, 0.717) is 41.5 Å². The molecule has 0 saturated heterocycles. The lowest BCUT2D eigenvalue weighted by Crippen LogP contribution is -2.75. The number of nitrogens with one attached hydrogen (secondary N) is 3. The van der Waals surface area contributed by atoms with Gasteiger partial charge in [0.2, 0.25) is 11.8 Å². The number of carbonyl (C=O) groups is 3. The lowest BCUT2D eigenvalue weighted by Gasteiger charge is -2.63. The van der Waals surface area contributed by atoms with Crippen LogP contribution in [0.15, 0.2) is 42.5 Å². The molecule has 0 aromatic heterocycles. The third kappa shape index (κ3) is 8.80. The number of hydrogen-bond donors (Lipinski definition) is 3. The Labute approximate surface area is 289 Å². The summed E-state index contributed by atoms with van der Waals surface area (Å²) in [5.41, 5.74) is -0.509.